The SMILES string of the molecule is O=C1OC(=O)c2cccc3cccc1c23.c1csnn1. The van der Waals surface area contributed by atoms with Crippen molar-refractivity contribution in [2.75, 3.05) is 0 Å². The van der Waals surface area contributed by atoms with Gasteiger partial charge in [-0.05, 0) is 29.1 Å². The van der Waals surface area contributed by atoms with Crippen LogP contribution >= 0.6 is 11.5 Å². The number of carbonyl (C=O) groups excluding carboxylic acids is 2. The highest BCUT2D eigenvalue weighted by Crippen LogP contribution is 2.28. The summed E-state index contributed by atoms with van der Waals surface area (Å²) in [6.45, 7) is 0. The highest BCUT2D eigenvalue weighted by Gasteiger charge is 2.26. The van der Waals surface area contributed by atoms with Crippen LogP contribution in [0.3, 0.4) is 0 Å². The maximum absolute atomic E-state index is 11.4. The van der Waals surface area contributed by atoms with Gasteiger partial charge in [0.25, 0.3) is 0 Å². The molecule has 1 aliphatic heterocycles. The standard InChI is InChI=1S/C12H6O3.C2H2N2S/c13-11-8-5-1-3-7-4-2-6-9(10(7)8)12(14)15-11;1-2-5-4-3-1/h1-6H;1-2H. The topological polar surface area (TPSA) is 69.2 Å². The molecule has 2 heterocycles. The van der Waals surface area contributed by atoms with E-state index < -0.39 is 11.9 Å². The molecule has 0 fully saturated rings. The van der Waals surface area contributed by atoms with Crippen LogP contribution in [0.1, 0.15) is 20.7 Å². The van der Waals surface area contributed by atoms with Crippen molar-refractivity contribution in [3.05, 3.63) is 59.1 Å². The van der Waals surface area contributed by atoms with Crippen LogP contribution in [0.2, 0.25) is 0 Å². The van der Waals surface area contributed by atoms with E-state index in [4.69, 9.17) is 0 Å². The molecule has 1 aliphatic rings. The van der Waals surface area contributed by atoms with Crippen LogP contribution in [0.4, 0.5) is 0 Å². The number of ether oxygens (including phenoxy) is 1. The van der Waals surface area contributed by atoms with Gasteiger partial charge >= 0.3 is 11.9 Å². The Labute approximate surface area is 118 Å². The average Bonchev–Trinajstić information content (AvgIpc) is 3.04. The van der Waals surface area contributed by atoms with Crippen LogP contribution in [0.5, 0.6) is 0 Å². The zero-order valence-electron chi connectivity index (χ0n) is 10.1. The summed E-state index contributed by atoms with van der Waals surface area (Å²) in [5.74, 6) is -1.13. The molecule has 5 nitrogen and oxygen atoms in total. The minimum absolute atomic E-state index is 0.461. The number of nitrogens with zero attached hydrogens (tertiary/aromatic N) is 2. The summed E-state index contributed by atoms with van der Waals surface area (Å²) < 4.78 is 8.14. The van der Waals surface area contributed by atoms with Crippen molar-refractivity contribution >= 4 is 34.2 Å². The predicted octanol–water partition coefficient (Wildman–Crippen LogP) is 2.69. The number of cyclic esters (lactones) is 2. The largest absolute Gasteiger partial charge is 0.386 e. The zero-order chi connectivity index (χ0) is 13.9. The number of hydrogen-bond acceptors (Lipinski definition) is 6. The normalized spacial score (nSPS) is 12.6. The predicted molar refractivity (Wildman–Crippen MR) is 73.6 cm³/mol. The molecule has 0 atom stereocenters. The molecule has 98 valence electrons. The van der Waals surface area contributed by atoms with E-state index in [9.17, 15) is 9.59 Å². The first-order valence-corrected chi connectivity index (χ1v) is 6.60. The first-order chi connectivity index (χ1) is 9.77. The van der Waals surface area contributed by atoms with Crippen LogP contribution in [-0.2, 0) is 4.74 Å². The van der Waals surface area contributed by atoms with Gasteiger partial charge in [-0.15, -0.1) is 5.10 Å². The van der Waals surface area contributed by atoms with Gasteiger partial charge in [-0.25, -0.2) is 9.59 Å². The fourth-order valence-electron chi connectivity index (χ4n) is 2.01. The molecule has 20 heavy (non-hydrogen) atoms. The van der Waals surface area contributed by atoms with Gasteiger partial charge in [0.1, 0.15) is 0 Å². The lowest BCUT2D eigenvalue weighted by Gasteiger charge is -2.14. The van der Waals surface area contributed by atoms with Crippen molar-refractivity contribution in [2.45, 2.75) is 0 Å². The maximum Gasteiger partial charge on any atom is 0.346 e. The van der Waals surface area contributed by atoms with E-state index in [1.807, 2.05) is 17.5 Å². The molecule has 0 bridgehead atoms. The molecule has 0 amide bonds. The Bertz CT molecular complexity index is 718. The van der Waals surface area contributed by atoms with Crippen molar-refractivity contribution in [3.63, 3.8) is 0 Å². The average molecular weight is 284 g/mol. The molecule has 0 unspecified atom stereocenters. The van der Waals surface area contributed by atoms with Gasteiger partial charge in [0.15, 0.2) is 0 Å². The molecule has 1 aromatic heterocycles. The summed E-state index contributed by atoms with van der Waals surface area (Å²) in [4.78, 5) is 22.9. The van der Waals surface area contributed by atoms with Crippen LogP contribution < -0.4 is 0 Å². The van der Waals surface area contributed by atoms with E-state index in [1.54, 1.807) is 30.5 Å². The lowest BCUT2D eigenvalue weighted by Crippen LogP contribution is -2.19. The lowest BCUT2D eigenvalue weighted by atomic mass is 9.97. The van der Waals surface area contributed by atoms with Crippen molar-refractivity contribution in [3.8, 4) is 0 Å². The van der Waals surface area contributed by atoms with Gasteiger partial charge < -0.3 is 4.74 Å². The first kappa shape index (κ1) is 12.4. The van der Waals surface area contributed by atoms with Gasteiger partial charge in [-0.1, -0.05) is 28.8 Å². The number of carbonyl (C=O) groups is 2. The molecular weight excluding hydrogens is 276 g/mol. The molecular formula is C14H8N2O3S. The van der Waals surface area contributed by atoms with Crippen molar-refractivity contribution < 1.29 is 14.3 Å². The molecule has 4 rings (SSSR count). The minimum atomic E-state index is -0.565. The fraction of sp³-hybridized carbons (Fsp3) is 0. The maximum atomic E-state index is 11.4. The number of hydrogen-bond donors (Lipinski definition) is 0. The third-order valence-corrected chi connectivity index (χ3v) is 3.24. The molecule has 2 aromatic carbocycles. The van der Waals surface area contributed by atoms with Crippen LogP contribution in [0.25, 0.3) is 10.8 Å². The quantitative estimate of drug-likeness (QED) is 0.469. The smallest absolute Gasteiger partial charge is 0.346 e. The van der Waals surface area contributed by atoms with Crippen molar-refractivity contribution in [1.29, 1.82) is 0 Å². The Kier molecular flexibility index (Phi) is 3.22. The zero-order valence-corrected chi connectivity index (χ0v) is 11.0. The molecule has 6 heteroatoms. The molecule has 0 N–H and O–H groups in total. The van der Waals surface area contributed by atoms with Gasteiger partial charge in [0.2, 0.25) is 0 Å². The monoisotopic (exact) mass is 284 g/mol. The Hall–Kier alpha value is -2.60. The summed E-state index contributed by atoms with van der Waals surface area (Å²) in [6, 6.07) is 10.6. The summed E-state index contributed by atoms with van der Waals surface area (Å²) in [5, 5.41) is 6.89. The Balaban J connectivity index is 0.000000205. The third-order valence-electron chi connectivity index (χ3n) is 2.81. The van der Waals surface area contributed by atoms with Crippen LogP contribution in [0.15, 0.2) is 48.0 Å². The first-order valence-electron chi connectivity index (χ1n) is 5.76. The lowest BCUT2D eigenvalue weighted by molar-refractivity contribution is 0.0391. The summed E-state index contributed by atoms with van der Waals surface area (Å²) in [6.07, 6.45) is 1.66. The van der Waals surface area contributed by atoms with Gasteiger partial charge in [0.05, 0.1) is 17.3 Å². The summed E-state index contributed by atoms with van der Waals surface area (Å²) in [5.41, 5.74) is 0.922. The molecule has 0 aliphatic carbocycles. The van der Waals surface area contributed by atoms with Gasteiger partial charge in [-0.2, -0.15) is 0 Å². The molecule has 0 saturated heterocycles. The van der Waals surface area contributed by atoms with Crippen molar-refractivity contribution in [1.82, 2.24) is 9.59 Å². The fourth-order valence-corrected chi connectivity index (χ4v) is 2.28. The Morgan fingerprint density at radius 2 is 1.60 bits per heavy atom. The van der Waals surface area contributed by atoms with Gasteiger partial charge in [-0.3, -0.25) is 0 Å². The van der Waals surface area contributed by atoms with Gasteiger partial charge in [0, 0.05) is 10.8 Å². The molecule has 0 saturated carbocycles. The Morgan fingerprint density at radius 3 is 2.05 bits per heavy atom. The second-order valence-electron chi connectivity index (χ2n) is 3.97. The molecule has 0 radical (unpaired) electrons. The minimum Gasteiger partial charge on any atom is -0.386 e. The van der Waals surface area contributed by atoms with Crippen LogP contribution in [-0.4, -0.2) is 21.5 Å². The van der Waals surface area contributed by atoms with E-state index in [0.29, 0.717) is 16.5 Å². The number of esters is 2. The van der Waals surface area contributed by atoms with E-state index in [0.717, 1.165) is 5.39 Å². The summed E-state index contributed by atoms with van der Waals surface area (Å²) in [7, 11) is 0. The Morgan fingerprint density at radius 1 is 0.950 bits per heavy atom. The number of aromatic nitrogens is 2. The number of benzene rings is 2. The highest BCUT2D eigenvalue weighted by atomic mass is 32.1. The number of rotatable bonds is 0. The molecule has 0 spiro atoms. The third kappa shape index (κ3) is 2.17. The summed E-state index contributed by atoms with van der Waals surface area (Å²) >= 11 is 1.35. The van der Waals surface area contributed by atoms with E-state index in [-0.39, 0.29) is 0 Å². The van der Waals surface area contributed by atoms with E-state index in [1.165, 1.54) is 11.5 Å². The second kappa shape index (κ2) is 5.18. The molecule has 3 aromatic rings. The highest BCUT2D eigenvalue weighted by molar-refractivity contribution is 7.03. The van der Waals surface area contributed by atoms with E-state index >= 15 is 0 Å². The second-order valence-corrected chi connectivity index (χ2v) is 4.62. The van der Waals surface area contributed by atoms with Crippen molar-refractivity contribution in [2.24, 2.45) is 0 Å². The van der Waals surface area contributed by atoms with E-state index in [2.05, 4.69) is 14.3 Å². The van der Waals surface area contributed by atoms with Crippen LogP contribution in [0, 0.1) is 0 Å².